The van der Waals surface area contributed by atoms with Crippen molar-refractivity contribution in [2.24, 2.45) is 0 Å². The van der Waals surface area contributed by atoms with Gasteiger partial charge in [-0.3, -0.25) is 4.79 Å². The van der Waals surface area contributed by atoms with E-state index < -0.39 is 5.97 Å². The lowest BCUT2D eigenvalue weighted by Crippen LogP contribution is -2.52. The highest BCUT2D eigenvalue weighted by molar-refractivity contribution is 5.66. The van der Waals surface area contributed by atoms with Crippen LogP contribution in [0.2, 0.25) is 0 Å². The van der Waals surface area contributed by atoms with Crippen LogP contribution in [-0.4, -0.2) is 48.7 Å². The number of carboxylic acids is 1. The molecule has 0 aliphatic carbocycles. The van der Waals surface area contributed by atoms with E-state index in [1.165, 1.54) is 11.3 Å². The number of anilines is 1. The summed E-state index contributed by atoms with van der Waals surface area (Å²) < 4.78 is 0. The normalized spacial score (nSPS) is 20.5. The van der Waals surface area contributed by atoms with Crippen molar-refractivity contribution < 1.29 is 9.90 Å². The van der Waals surface area contributed by atoms with Gasteiger partial charge in [-0.25, -0.2) is 0 Å². The Morgan fingerprint density at radius 3 is 2.63 bits per heavy atom. The number of carbonyl (C=O) groups is 1. The van der Waals surface area contributed by atoms with Gasteiger partial charge in [-0.2, -0.15) is 0 Å². The predicted molar refractivity (Wildman–Crippen MR) is 76.7 cm³/mol. The van der Waals surface area contributed by atoms with Crippen molar-refractivity contribution in [2.45, 2.75) is 25.8 Å². The smallest absolute Gasteiger partial charge is 0.303 e. The third-order valence-electron chi connectivity index (χ3n) is 3.74. The number of aryl methyl sites for hydroxylation is 1. The zero-order valence-corrected chi connectivity index (χ0v) is 11.7. The molecule has 19 heavy (non-hydrogen) atoms. The first-order chi connectivity index (χ1) is 9.06. The third kappa shape index (κ3) is 3.70. The summed E-state index contributed by atoms with van der Waals surface area (Å²) in [5.74, 6) is -0.711. The topological polar surface area (TPSA) is 43.8 Å². The standard InChI is InChI=1S/C15H22N2O2/c1-12-3-5-13(6-4-12)17-10-9-16(2)11-14(17)7-8-15(18)19/h3-6,14H,7-11H2,1-2H3,(H,18,19). The van der Waals surface area contributed by atoms with Crippen LogP contribution >= 0.6 is 0 Å². The van der Waals surface area contributed by atoms with Gasteiger partial charge in [-0.1, -0.05) is 17.7 Å². The molecule has 1 N–H and O–H groups in total. The second-order valence-corrected chi connectivity index (χ2v) is 5.38. The first kappa shape index (κ1) is 13.9. The molecule has 1 aromatic carbocycles. The zero-order valence-electron chi connectivity index (χ0n) is 11.7. The number of piperazine rings is 1. The van der Waals surface area contributed by atoms with Crippen LogP contribution in [0.1, 0.15) is 18.4 Å². The molecule has 0 bridgehead atoms. The monoisotopic (exact) mass is 262 g/mol. The van der Waals surface area contributed by atoms with Crippen LogP contribution in [-0.2, 0) is 4.79 Å². The van der Waals surface area contributed by atoms with Crippen LogP contribution in [0.3, 0.4) is 0 Å². The maximum atomic E-state index is 10.8. The predicted octanol–water partition coefficient (Wildman–Crippen LogP) is 1.98. The fourth-order valence-electron chi connectivity index (χ4n) is 2.62. The van der Waals surface area contributed by atoms with E-state index in [0.29, 0.717) is 6.42 Å². The van der Waals surface area contributed by atoms with Gasteiger partial charge in [0.25, 0.3) is 0 Å². The molecule has 1 atom stereocenters. The maximum Gasteiger partial charge on any atom is 0.303 e. The lowest BCUT2D eigenvalue weighted by Gasteiger charge is -2.41. The molecule has 1 heterocycles. The van der Waals surface area contributed by atoms with Crippen LogP contribution in [0.15, 0.2) is 24.3 Å². The van der Waals surface area contributed by atoms with Crippen molar-refractivity contribution in [1.82, 2.24) is 4.90 Å². The van der Waals surface area contributed by atoms with Gasteiger partial charge in [0.15, 0.2) is 0 Å². The van der Waals surface area contributed by atoms with E-state index in [-0.39, 0.29) is 12.5 Å². The Bertz CT molecular complexity index is 430. The third-order valence-corrected chi connectivity index (χ3v) is 3.74. The molecule has 0 saturated carbocycles. The second kappa shape index (κ2) is 6.06. The largest absolute Gasteiger partial charge is 0.481 e. The van der Waals surface area contributed by atoms with Gasteiger partial charge in [0.05, 0.1) is 0 Å². The molecule has 4 nitrogen and oxygen atoms in total. The summed E-state index contributed by atoms with van der Waals surface area (Å²) in [6.07, 6.45) is 0.939. The maximum absolute atomic E-state index is 10.8. The molecule has 1 unspecified atom stereocenters. The molecule has 1 saturated heterocycles. The van der Waals surface area contributed by atoms with E-state index in [2.05, 4.69) is 48.0 Å². The van der Waals surface area contributed by atoms with Crippen LogP contribution in [0.4, 0.5) is 5.69 Å². The molecule has 1 aromatic rings. The molecule has 0 amide bonds. The van der Waals surface area contributed by atoms with Gasteiger partial charge >= 0.3 is 5.97 Å². The highest BCUT2D eigenvalue weighted by Crippen LogP contribution is 2.23. The molecule has 0 aromatic heterocycles. The fraction of sp³-hybridized carbons (Fsp3) is 0.533. The molecule has 0 spiro atoms. The van der Waals surface area contributed by atoms with Crippen LogP contribution in [0, 0.1) is 6.92 Å². The molecule has 4 heteroatoms. The Balaban J connectivity index is 2.10. The molecule has 1 aliphatic rings. The highest BCUT2D eigenvalue weighted by atomic mass is 16.4. The van der Waals surface area contributed by atoms with Crippen molar-refractivity contribution in [2.75, 3.05) is 31.6 Å². The number of carboxylic acid groups (broad SMARTS) is 1. The minimum absolute atomic E-state index is 0.237. The summed E-state index contributed by atoms with van der Waals surface area (Å²) in [4.78, 5) is 15.4. The van der Waals surface area contributed by atoms with E-state index in [1.54, 1.807) is 0 Å². The van der Waals surface area contributed by atoms with Crippen LogP contribution in [0.25, 0.3) is 0 Å². The Kier molecular flexibility index (Phi) is 4.43. The molecular formula is C15H22N2O2. The number of hydrogen-bond donors (Lipinski definition) is 1. The summed E-state index contributed by atoms with van der Waals surface area (Å²) in [5, 5.41) is 8.87. The number of benzene rings is 1. The number of hydrogen-bond acceptors (Lipinski definition) is 3. The van der Waals surface area contributed by atoms with E-state index >= 15 is 0 Å². The number of aliphatic carboxylic acids is 1. The van der Waals surface area contributed by atoms with E-state index in [1.807, 2.05) is 0 Å². The van der Waals surface area contributed by atoms with E-state index in [0.717, 1.165) is 19.6 Å². The van der Waals surface area contributed by atoms with Gasteiger partial charge < -0.3 is 14.9 Å². The lowest BCUT2D eigenvalue weighted by molar-refractivity contribution is -0.137. The number of likely N-dealkylation sites (N-methyl/N-ethyl adjacent to an activating group) is 1. The van der Waals surface area contributed by atoms with Crippen LogP contribution in [0.5, 0.6) is 0 Å². The van der Waals surface area contributed by atoms with Crippen molar-refractivity contribution in [3.8, 4) is 0 Å². The van der Waals surface area contributed by atoms with E-state index in [9.17, 15) is 4.79 Å². The minimum Gasteiger partial charge on any atom is -0.481 e. The van der Waals surface area contributed by atoms with Gasteiger partial charge in [-0.15, -0.1) is 0 Å². The van der Waals surface area contributed by atoms with Gasteiger partial charge in [0, 0.05) is 37.8 Å². The summed E-state index contributed by atoms with van der Waals surface area (Å²) in [6.45, 7) is 5.00. The SMILES string of the molecule is Cc1ccc(N2CCN(C)CC2CCC(=O)O)cc1. The Hall–Kier alpha value is -1.55. The molecule has 1 aliphatic heterocycles. The van der Waals surface area contributed by atoms with Gasteiger partial charge in [0.2, 0.25) is 0 Å². The summed E-state index contributed by atoms with van der Waals surface area (Å²) in [7, 11) is 2.10. The summed E-state index contributed by atoms with van der Waals surface area (Å²) in [6, 6.07) is 8.78. The first-order valence-electron chi connectivity index (χ1n) is 6.80. The molecule has 1 fully saturated rings. The Morgan fingerprint density at radius 2 is 2.00 bits per heavy atom. The summed E-state index contributed by atoms with van der Waals surface area (Å²) in [5.41, 5.74) is 2.45. The number of rotatable bonds is 4. The minimum atomic E-state index is -0.711. The molecule has 104 valence electrons. The molecule has 2 rings (SSSR count). The Labute approximate surface area is 114 Å². The highest BCUT2D eigenvalue weighted by Gasteiger charge is 2.25. The van der Waals surface area contributed by atoms with Gasteiger partial charge in [-0.05, 0) is 32.5 Å². The summed E-state index contributed by atoms with van der Waals surface area (Å²) >= 11 is 0. The molecule has 0 radical (unpaired) electrons. The van der Waals surface area contributed by atoms with E-state index in [4.69, 9.17) is 5.11 Å². The average Bonchev–Trinajstić information content (AvgIpc) is 2.38. The quantitative estimate of drug-likeness (QED) is 0.901. The fourth-order valence-corrected chi connectivity index (χ4v) is 2.62. The zero-order chi connectivity index (χ0) is 13.8. The van der Waals surface area contributed by atoms with Crippen molar-refractivity contribution in [3.63, 3.8) is 0 Å². The van der Waals surface area contributed by atoms with Crippen molar-refractivity contribution in [3.05, 3.63) is 29.8 Å². The lowest BCUT2D eigenvalue weighted by atomic mass is 10.0. The Morgan fingerprint density at radius 1 is 1.32 bits per heavy atom. The number of nitrogens with zero attached hydrogens (tertiary/aromatic N) is 2. The van der Waals surface area contributed by atoms with Crippen molar-refractivity contribution >= 4 is 11.7 Å². The molecular weight excluding hydrogens is 240 g/mol. The van der Waals surface area contributed by atoms with Gasteiger partial charge in [0.1, 0.15) is 0 Å². The first-order valence-corrected chi connectivity index (χ1v) is 6.80. The average molecular weight is 262 g/mol. The van der Waals surface area contributed by atoms with Crippen molar-refractivity contribution in [1.29, 1.82) is 0 Å². The van der Waals surface area contributed by atoms with Crippen LogP contribution < -0.4 is 4.90 Å². The second-order valence-electron chi connectivity index (χ2n) is 5.38.